The molecule has 1 aliphatic carbocycles. The maximum absolute atomic E-state index is 11.5. The third-order valence-electron chi connectivity index (χ3n) is 2.29. The van der Waals surface area contributed by atoms with Crippen LogP contribution in [0.5, 0.6) is 0 Å². The second kappa shape index (κ2) is 3.90. The Bertz CT molecular complexity index is 164. The molecule has 0 atom stereocenters. The fourth-order valence-corrected chi connectivity index (χ4v) is 1.29. The minimum atomic E-state index is -0.163. The molecule has 1 N–H and O–H groups in total. The van der Waals surface area contributed by atoms with Crippen LogP contribution in [0.25, 0.3) is 0 Å². The van der Waals surface area contributed by atoms with Gasteiger partial charge in [0.2, 0.25) is 5.91 Å². The molecule has 1 fully saturated rings. The molecule has 1 amide bonds. The molecule has 0 bridgehead atoms. The van der Waals surface area contributed by atoms with Crippen LogP contribution in [0.1, 0.15) is 26.2 Å². The van der Waals surface area contributed by atoms with Gasteiger partial charge in [-0.2, -0.15) is 0 Å². The van der Waals surface area contributed by atoms with Crippen molar-refractivity contribution in [2.75, 3.05) is 20.3 Å². The van der Waals surface area contributed by atoms with Crippen LogP contribution in [0.4, 0.5) is 0 Å². The highest BCUT2D eigenvalue weighted by Gasteiger charge is 2.49. The number of hydrogen-bond donors (Lipinski definition) is 1. The quantitative estimate of drug-likeness (QED) is 0.668. The lowest BCUT2D eigenvalue weighted by Crippen LogP contribution is -2.34. The Labute approximate surface area is 73.5 Å². The highest BCUT2D eigenvalue weighted by Crippen LogP contribution is 2.45. The van der Waals surface area contributed by atoms with E-state index in [1.165, 1.54) is 0 Å². The van der Waals surface area contributed by atoms with E-state index in [4.69, 9.17) is 4.74 Å². The van der Waals surface area contributed by atoms with Crippen molar-refractivity contribution in [1.29, 1.82) is 0 Å². The normalized spacial score (nSPS) is 18.8. The summed E-state index contributed by atoms with van der Waals surface area (Å²) in [6.45, 7) is 3.41. The van der Waals surface area contributed by atoms with E-state index in [1.807, 2.05) is 0 Å². The third-order valence-corrected chi connectivity index (χ3v) is 2.29. The summed E-state index contributed by atoms with van der Waals surface area (Å²) in [6.07, 6.45) is 2.96. The summed E-state index contributed by atoms with van der Waals surface area (Å²) in [7, 11) is 1.65. The molecule has 1 rings (SSSR count). The van der Waals surface area contributed by atoms with E-state index < -0.39 is 0 Å². The van der Waals surface area contributed by atoms with Gasteiger partial charge in [-0.25, -0.2) is 0 Å². The molecule has 0 saturated heterocycles. The standard InChI is InChI=1S/C9H17NO2/c1-3-6-10-8(11)9(4-5-9)7-12-2/h3-7H2,1-2H3,(H,10,11). The second-order valence-corrected chi connectivity index (χ2v) is 3.47. The van der Waals surface area contributed by atoms with E-state index in [1.54, 1.807) is 7.11 Å². The summed E-state index contributed by atoms with van der Waals surface area (Å²) in [5.41, 5.74) is -0.163. The van der Waals surface area contributed by atoms with E-state index in [0.29, 0.717) is 6.61 Å². The first kappa shape index (κ1) is 9.52. The lowest BCUT2D eigenvalue weighted by atomic mass is 10.1. The smallest absolute Gasteiger partial charge is 0.228 e. The molecule has 0 aromatic carbocycles. The van der Waals surface area contributed by atoms with E-state index in [2.05, 4.69) is 12.2 Å². The average Bonchev–Trinajstić information content (AvgIpc) is 2.82. The maximum Gasteiger partial charge on any atom is 0.228 e. The number of amides is 1. The summed E-state index contributed by atoms with van der Waals surface area (Å²) >= 11 is 0. The van der Waals surface area contributed by atoms with Crippen LogP contribution in [-0.2, 0) is 9.53 Å². The zero-order valence-corrected chi connectivity index (χ0v) is 7.85. The second-order valence-electron chi connectivity index (χ2n) is 3.47. The van der Waals surface area contributed by atoms with Gasteiger partial charge in [0.05, 0.1) is 12.0 Å². The monoisotopic (exact) mass is 171 g/mol. The van der Waals surface area contributed by atoms with Crippen molar-refractivity contribution < 1.29 is 9.53 Å². The first-order chi connectivity index (χ1) is 5.75. The predicted molar refractivity (Wildman–Crippen MR) is 46.8 cm³/mol. The van der Waals surface area contributed by atoms with Gasteiger partial charge in [0.15, 0.2) is 0 Å². The number of rotatable bonds is 5. The molecule has 0 radical (unpaired) electrons. The van der Waals surface area contributed by atoms with Gasteiger partial charge in [0, 0.05) is 13.7 Å². The summed E-state index contributed by atoms with van der Waals surface area (Å²) < 4.78 is 5.01. The van der Waals surface area contributed by atoms with Crippen LogP contribution in [0, 0.1) is 5.41 Å². The van der Waals surface area contributed by atoms with Crippen molar-refractivity contribution >= 4 is 5.91 Å². The summed E-state index contributed by atoms with van der Waals surface area (Å²) in [4.78, 5) is 11.5. The number of nitrogens with one attached hydrogen (secondary N) is 1. The van der Waals surface area contributed by atoms with Crippen molar-refractivity contribution in [1.82, 2.24) is 5.32 Å². The first-order valence-electron chi connectivity index (χ1n) is 4.52. The van der Waals surface area contributed by atoms with E-state index in [0.717, 1.165) is 25.8 Å². The van der Waals surface area contributed by atoms with Crippen molar-refractivity contribution in [3.05, 3.63) is 0 Å². The Morgan fingerprint density at radius 2 is 2.25 bits per heavy atom. The molecule has 3 heteroatoms. The molecule has 0 spiro atoms. The molecular weight excluding hydrogens is 154 g/mol. The fourth-order valence-electron chi connectivity index (χ4n) is 1.29. The molecule has 0 heterocycles. The third kappa shape index (κ3) is 1.97. The molecule has 0 unspecified atom stereocenters. The topological polar surface area (TPSA) is 38.3 Å². The van der Waals surface area contributed by atoms with Gasteiger partial charge in [-0.3, -0.25) is 4.79 Å². The number of carbonyl (C=O) groups excluding carboxylic acids is 1. The highest BCUT2D eigenvalue weighted by atomic mass is 16.5. The van der Waals surface area contributed by atoms with Crippen LogP contribution >= 0.6 is 0 Å². The summed E-state index contributed by atoms with van der Waals surface area (Å²) in [5, 5.41) is 2.90. The van der Waals surface area contributed by atoms with Gasteiger partial charge < -0.3 is 10.1 Å². The Balaban J connectivity index is 2.30. The van der Waals surface area contributed by atoms with Crippen molar-refractivity contribution in [2.24, 2.45) is 5.41 Å². The van der Waals surface area contributed by atoms with E-state index in [-0.39, 0.29) is 11.3 Å². The summed E-state index contributed by atoms with van der Waals surface area (Å²) in [5.74, 6) is 0.172. The van der Waals surface area contributed by atoms with Crippen molar-refractivity contribution in [3.63, 3.8) is 0 Å². The van der Waals surface area contributed by atoms with Crippen molar-refractivity contribution in [3.8, 4) is 0 Å². The molecule has 0 aromatic rings. The number of ether oxygens (including phenoxy) is 1. The SMILES string of the molecule is CCCNC(=O)C1(COC)CC1. The zero-order chi connectivity index (χ0) is 9.03. The van der Waals surface area contributed by atoms with Crippen LogP contribution in [-0.4, -0.2) is 26.2 Å². The Kier molecular flexibility index (Phi) is 3.09. The molecule has 0 aromatic heterocycles. The number of hydrogen-bond acceptors (Lipinski definition) is 2. The van der Waals surface area contributed by atoms with Gasteiger partial charge in [-0.15, -0.1) is 0 Å². The van der Waals surface area contributed by atoms with E-state index in [9.17, 15) is 4.79 Å². The van der Waals surface area contributed by atoms with Gasteiger partial charge in [0.1, 0.15) is 0 Å². The lowest BCUT2D eigenvalue weighted by Gasteiger charge is -2.13. The Hall–Kier alpha value is -0.570. The average molecular weight is 171 g/mol. The minimum absolute atomic E-state index is 0.163. The predicted octanol–water partition coefficient (Wildman–Crippen LogP) is 0.939. The molecular formula is C9H17NO2. The first-order valence-corrected chi connectivity index (χ1v) is 4.52. The molecule has 1 saturated carbocycles. The highest BCUT2D eigenvalue weighted by molar-refractivity contribution is 5.85. The minimum Gasteiger partial charge on any atom is -0.384 e. The van der Waals surface area contributed by atoms with Gasteiger partial charge in [0.25, 0.3) is 0 Å². The molecule has 1 aliphatic rings. The van der Waals surface area contributed by atoms with Crippen LogP contribution < -0.4 is 5.32 Å². The van der Waals surface area contributed by atoms with Crippen LogP contribution in [0.2, 0.25) is 0 Å². The largest absolute Gasteiger partial charge is 0.384 e. The molecule has 3 nitrogen and oxygen atoms in total. The lowest BCUT2D eigenvalue weighted by molar-refractivity contribution is -0.128. The summed E-state index contributed by atoms with van der Waals surface area (Å²) in [6, 6.07) is 0. The number of methoxy groups -OCH3 is 1. The molecule has 12 heavy (non-hydrogen) atoms. The van der Waals surface area contributed by atoms with Crippen LogP contribution in [0.15, 0.2) is 0 Å². The zero-order valence-electron chi connectivity index (χ0n) is 7.85. The Morgan fingerprint density at radius 1 is 1.58 bits per heavy atom. The molecule has 0 aliphatic heterocycles. The Morgan fingerprint density at radius 3 is 2.67 bits per heavy atom. The van der Waals surface area contributed by atoms with Gasteiger partial charge >= 0.3 is 0 Å². The van der Waals surface area contributed by atoms with Crippen molar-refractivity contribution in [2.45, 2.75) is 26.2 Å². The fraction of sp³-hybridized carbons (Fsp3) is 0.889. The van der Waals surface area contributed by atoms with Crippen LogP contribution in [0.3, 0.4) is 0 Å². The maximum atomic E-state index is 11.5. The molecule has 70 valence electrons. The van der Waals surface area contributed by atoms with Gasteiger partial charge in [-0.1, -0.05) is 6.92 Å². The van der Waals surface area contributed by atoms with E-state index >= 15 is 0 Å². The number of carbonyl (C=O) groups is 1. The van der Waals surface area contributed by atoms with Gasteiger partial charge in [-0.05, 0) is 19.3 Å².